The Hall–Kier alpha value is -3.64. The van der Waals surface area contributed by atoms with Crippen LogP contribution < -0.4 is 16.5 Å². The fourth-order valence-corrected chi connectivity index (χ4v) is 6.66. The Morgan fingerprint density at radius 3 is 2.63 bits per heavy atom. The number of benzene rings is 1. The summed E-state index contributed by atoms with van der Waals surface area (Å²) in [5, 5.41) is 23.8. The molecule has 4 rings (SSSR count). The molecule has 0 saturated carbocycles. The number of aromatic nitrogens is 2. The maximum absolute atomic E-state index is 15.0. The Morgan fingerprint density at radius 1 is 1.30 bits per heavy atom. The number of halogens is 2. The first-order valence-corrected chi connectivity index (χ1v) is 16.0. The number of carbonyl (C=O) groups is 1. The quantitative estimate of drug-likeness (QED) is 0.101. The summed E-state index contributed by atoms with van der Waals surface area (Å²) in [6.07, 6.45) is -5.68. The molecule has 46 heavy (non-hydrogen) atoms. The van der Waals surface area contributed by atoms with Crippen molar-refractivity contribution in [3.8, 4) is 0 Å². The lowest BCUT2D eigenvalue weighted by atomic mass is 10.1. The summed E-state index contributed by atoms with van der Waals surface area (Å²) in [7, 11) is -4.56. The van der Waals surface area contributed by atoms with Crippen LogP contribution in [0.3, 0.4) is 0 Å². The van der Waals surface area contributed by atoms with Gasteiger partial charge in [-0.2, -0.15) is 13.8 Å². The van der Waals surface area contributed by atoms with Crippen molar-refractivity contribution >= 4 is 35.9 Å². The number of hydrogen-bond donors (Lipinski definition) is 3. The van der Waals surface area contributed by atoms with E-state index in [-0.39, 0.29) is 17.4 Å². The van der Waals surface area contributed by atoms with E-state index >= 15 is 8.78 Å². The van der Waals surface area contributed by atoms with Crippen LogP contribution in [0.15, 0.2) is 53.5 Å². The summed E-state index contributed by atoms with van der Waals surface area (Å²) in [5.74, 6) is -5.16. The first-order chi connectivity index (χ1) is 21.4. The third-order valence-corrected chi connectivity index (χ3v) is 9.97. The lowest BCUT2D eigenvalue weighted by molar-refractivity contribution is -0.380. The Labute approximate surface area is 265 Å². The zero-order valence-electron chi connectivity index (χ0n) is 25.0. The van der Waals surface area contributed by atoms with E-state index in [0.29, 0.717) is 15.0 Å². The molecule has 5 atom stereocenters. The van der Waals surface area contributed by atoms with Crippen molar-refractivity contribution in [2.24, 2.45) is 0 Å². The largest absolute Gasteiger partial charge is 0.453 e. The summed E-state index contributed by atoms with van der Waals surface area (Å²) >= 11 is 0.813. The van der Waals surface area contributed by atoms with Crippen LogP contribution in [0.5, 0.6) is 0 Å². The molecule has 1 fully saturated rings. The first-order valence-electron chi connectivity index (χ1n) is 13.7. The topological polar surface area (TPSA) is 207 Å². The highest BCUT2D eigenvalue weighted by atomic mass is 32.1. The van der Waals surface area contributed by atoms with E-state index < -0.39 is 66.9 Å². The van der Waals surface area contributed by atoms with E-state index in [2.05, 4.69) is 10.1 Å². The Morgan fingerprint density at radius 2 is 2.00 bits per heavy atom. The molecule has 15 nitrogen and oxygen atoms in total. The van der Waals surface area contributed by atoms with Gasteiger partial charge < -0.3 is 20.3 Å². The van der Waals surface area contributed by atoms with Gasteiger partial charge in [-0.05, 0) is 51.0 Å². The van der Waals surface area contributed by atoms with Crippen LogP contribution in [0.25, 0.3) is 0 Å². The van der Waals surface area contributed by atoms with E-state index in [1.54, 1.807) is 31.2 Å². The molecule has 0 aliphatic carbocycles. The van der Waals surface area contributed by atoms with Crippen LogP contribution in [0.4, 0.5) is 19.6 Å². The molecular weight excluding hydrogens is 655 g/mol. The van der Waals surface area contributed by atoms with Crippen molar-refractivity contribution in [3.63, 3.8) is 0 Å². The lowest BCUT2D eigenvalue weighted by Crippen LogP contribution is -2.42. The molecule has 250 valence electrons. The number of nitrogens with one attached hydrogen (secondary N) is 1. The van der Waals surface area contributed by atoms with Gasteiger partial charge in [0.2, 0.25) is 6.23 Å². The number of aryl methyl sites for hydroxylation is 1. The SMILES string of the molecule is Cc1ccccc1COP(=O)(N[C@@H](C)C(=O)OC(C)(C)c1ccc([N+](=O)[O-])s1)OC[C@H]1O[C@@H](n2ccc(N)nc2=O)C(F)(F)[C@H]1O. The second-order valence-electron chi connectivity index (χ2n) is 10.9. The Bertz CT molecular complexity index is 1700. The van der Waals surface area contributed by atoms with Crippen molar-refractivity contribution in [1.82, 2.24) is 14.6 Å². The first kappa shape index (κ1) is 35.2. The summed E-state index contributed by atoms with van der Waals surface area (Å²) < 4.78 is 66.4. The molecule has 3 aromatic rings. The number of esters is 1. The van der Waals surface area contributed by atoms with E-state index in [1.165, 1.54) is 32.9 Å². The molecule has 1 saturated heterocycles. The average molecular weight is 688 g/mol. The van der Waals surface area contributed by atoms with Crippen molar-refractivity contribution in [3.05, 3.63) is 85.3 Å². The zero-order chi connectivity index (χ0) is 34.0. The maximum Gasteiger partial charge on any atom is 0.406 e. The van der Waals surface area contributed by atoms with Crippen molar-refractivity contribution in [2.45, 2.75) is 70.3 Å². The molecule has 1 aliphatic heterocycles. The number of hydrogen-bond acceptors (Lipinski definition) is 13. The molecule has 3 heterocycles. The van der Waals surface area contributed by atoms with Crippen LogP contribution in [0.1, 0.15) is 43.0 Å². The van der Waals surface area contributed by atoms with Gasteiger partial charge in [0.15, 0.2) is 6.10 Å². The Balaban J connectivity index is 1.51. The zero-order valence-corrected chi connectivity index (χ0v) is 26.7. The van der Waals surface area contributed by atoms with Crippen molar-refractivity contribution in [2.75, 3.05) is 12.3 Å². The van der Waals surface area contributed by atoms with Crippen LogP contribution in [0.2, 0.25) is 0 Å². The molecule has 0 bridgehead atoms. The summed E-state index contributed by atoms with van der Waals surface area (Å²) in [5.41, 5.74) is 4.32. The predicted molar refractivity (Wildman–Crippen MR) is 160 cm³/mol. The fourth-order valence-electron chi connectivity index (χ4n) is 4.35. The summed E-state index contributed by atoms with van der Waals surface area (Å²) in [6, 6.07) is 9.37. The van der Waals surface area contributed by atoms with Gasteiger partial charge in [-0.1, -0.05) is 35.6 Å². The highest BCUT2D eigenvalue weighted by Gasteiger charge is 2.60. The van der Waals surface area contributed by atoms with Gasteiger partial charge in [-0.3, -0.25) is 28.5 Å². The number of ether oxygens (including phenoxy) is 2. The summed E-state index contributed by atoms with van der Waals surface area (Å²) in [4.78, 5) is 39.5. The third kappa shape index (κ3) is 7.83. The second-order valence-corrected chi connectivity index (χ2v) is 13.7. The number of rotatable bonds is 13. The Kier molecular flexibility index (Phi) is 10.4. The molecule has 4 N–H and O–H groups in total. The average Bonchev–Trinajstić information content (AvgIpc) is 3.56. The molecule has 19 heteroatoms. The van der Waals surface area contributed by atoms with E-state index in [4.69, 9.17) is 24.3 Å². The van der Waals surface area contributed by atoms with Gasteiger partial charge in [0.1, 0.15) is 23.6 Å². The highest BCUT2D eigenvalue weighted by molar-refractivity contribution is 7.51. The highest BCUT2D eigenvalue weighted by Crippen LogP contribution is 2.48. The van der Waals surface area contributed by atoms with E-state index in [1.807, 2.05) is 0 Å². The molecule has 0 radical (unpaired) electrons. The van der Waals surface area contributed by atoms with Crippen LogP contribution >= 0.6 is 19.1 Å². The standard InChI is InChI=1S/C27H32F2N5O10PS/c1-15-7-5-6-8-17(15)13-41-45(40,32-16(2)23(36)44-26(3,4)19-9-10-21(46-19)34(38)39)42-14-18-22(35)27(28,29)24(43-18)33-12-11-20(30)31-25(33)37/h5-12,16,18,22,24,35H,13-14H2,1-4H3,(H,32,40)(H2,30,31,37)/t16-,18+,22-,24+,45?/m0/s1. The minimum atomic E-state index is -4.56. The molecule has 1 aliphatic rings. The minimum Gasteiger partial charge on any atom is -0.453 e. The van der Waals surface area contributed by atoms with Crippen molar-refractivity contribution < 1.29 is 46.7 Å². The number of alkyl halides is 2. The number of nitro groups is 1. The smallest absolute Gasteiger partial charge is 0.406 e. The number of nitrogen functional groups attached to an aromatic ring is 1. The van der Waals surface area contributed by atoms with Gasteiger partial charge >= 0.3 is 30.3 Å². The number of anilines is 1. The number of nitrogens with two attached hydrogens (primary N) is 1. The van der Waals surface area contributed by atoms with Crippen LogP contribution in [-0.4, -0.2) is 56.3 Å². The van der Waals surface area contributed by atoms with Gasteiger partial charge in [-0.15, -0.1) is 0 Å². The normalized spacial score (nSPS) is 21.4. The fraction of sp³-hybridized carbons (Fsp3) is 0.444. The predicted octanol–water partition coefficient (Wildman–Crippen LogP) is 3.80. The van der Waals surface area contributed by atoms with Gasteiger partial charge in [0.05, 0.1) is 23.0 Å². The van der Waals surface area contributed by atoms with Crippen molar-refractivity contribution in [1.29, 1.82) is 0 Å². The number of aliphatic hydroxyl groups excluding tert-OH is 1. The number of aliphatic hydroxyl groups is 1. The molecule has 1 unspecified atom stereocenters. The van der Waals surface area contributed by atoms with E-state index in [0.717, 1.165) is 29.2 Å². The van der Waals surface area contributed by atoms with E-state index in [9.17, 15) is 29.4 Å². The molecule has 0 amide bonds. The monoisotopic (exact) mass is 687 g/mol. The third-order valence-electron chi connectivity index (χ3n) is 6.97. The lowest BCUT2D eigenvalue weighted by Gasteiger charge is -2.28. The maximum atomic E-state index is 15.0. The number of nitrogens with zero attached hydrogens (tertiary/aromatic N) is 3. The van der Waals surface area contributed by atoms with Crippen LogP contribution in [0, 0.1) is 17.0 Å². The van der Waals surface area contributed by atoms with Gasteiger partial charge in [-0.25, -0.2) is 14.4 Å². The molecule has 1 aromatic carbocycles. The molecular formula is C27H32F2N5O10PS. The minimum absolute atomic E-state index is 0.158. The van der Waals surface area contributed by atoms with Gasteiger partial charge in [0.25, 0.3) is 0 Å². The molecule has 2 aromatic heterocycles. The van der Waals surface area contributed by atoms with Gasteiger partial charge in [0, 0.05) is 12.3 Å². The molecule has 0 spiro atoms. The summed E-state index contributed by atoms with van der Waals surface area (Å²) in [6.45, 7) is 4.86. The number of thiophene rings is 1. The second kappa shape index (κ2) is 13.6. The van der Waals surface area contributed by atoms with Crippen LogP contribution in [-0.2, 0) is 40.1 Å². The number of carbonyl (C=O) groups excluding carboxylic acids is 1.